The van der Waals surface area contributed by atoms with Gasteiger partial charge in [0, 0.05) is 17.1 Å². The summed E-state index contributed by atoms with van der Waals surface area (Å²) in [5.74, 6) is 0.233. The Hall–Kier alpha value is -2.84. The highest BCUT2D eigenvalue weighted by Crippen LogP contribution is 2.32. The average molecular weight is 456 g/mol. The molecule has 160 valence electrons. The molecule has 1 amide bonds. The predicted octanol–water partition coefficient (Wildman–Crippen LogP) is 5.18. The summed E-state index contributed by atoms with van der Waals surface area (Å²) in [5.41, 5.74) is 3.84. The van der Waals surface area contributed by atoms with Gasteiger partial charge >= 0.3 is 0 Å². The van der Waals surface area contributed by atoms with E-state index < -0.39 is 5.91 Å². The summed E-state index contributed by atoms with van der Waals surface area (Å²) in [6.45, 7) is 6.01. The van der Waals surface area contributed by atoms with Crippen molar-refractivity contribution in [3.63, 3.8) is 0 Å². The lowest BCUT2D eigenvalue weighted by molar-refractivity contribution is -0.114. The molecule has 0 unspecified atom stereocenters. The Labute approximate surface area is 189 Å². The molecule has 31 heavy (non-hydrogen) atoms. The number of carbonyl (C=O) groups is 1. The van der Waals surface area contributed by atoms with Crippen molar-refractivity contribution in [1.29, 1.82) is 5.41 Å². The molecule has 9 heteroatoms. The maximum atomic E-state index is 12.7. The van der Waals surface area contributed by atoms with E-state index in [1.807, 2.05) is 42.7 Å². The molecule has 2 aliphatic heterocycles. The summed E-state index contributed by atoms with van der Waals surface area (Å²) in [5, 5.41) is 16.3. The molecule has 0 spiro atoms. The van der Waals surface area contributed by atoms with Crippen LogP contribution in [0.3, 0.4) is 0 Å². The monoisotopic (exact) mass is 455 g/mol. The number of nitrogens with zero attached hydrogens (tertiary/aromatic N) is 4. The average Bonchev–Trinajstić information content (AvgIpc) is 3.25. The summed E-state index contributed by atoms with van der Waals surface area (Å²) in [4.78, 5) is 16.8. The number of aromatic nitrogens is 1. The summed E-state index contributed by atoms with van der Waals surface area (Å²) < 4.78 is 7.29. The molecule has 0 bridgehead atoms. The molecule has 2 aliphatic rings. The highest BCUT2D eigenvalue weighted by molar-refractivity contribution is 8.26. The van der Waals surface area contributed by atoms with Crippen molar-refractivity contribution in [2.45, 2.75) is 33.6 Å². The van der Waals surface area contributed by atoms with Crippen LogP contribution in [-0.4, -0.2) is 38.6 Å². The molecular formula is C22H22ClN5O2S. The first-order valence-electron chi connectivity index (χ1n) is 9.86. The van der Waals surface area contributed by atoms with Gasteiger partial charge in [0.25, 0.3) is 5.91 Å². The van der Waals surface area contributed by atoms with Gasteiger partial charge in [0.05, 0.1) is 17.7 Å². The normalized spacial score (nSPS) is 17.2. The minimum absolute atomic E-state index is 0.0471. The number of hydrogen-bond acceptors (Lipinski definition) is 5. The lowest BCUT2D eigenvalue weighted by atomic mass is 10.1. The summed E-state index contributed by atoms with van der Waals surface area (Å²) in [6, 6.07) is 7.57. The number of methoxy groups -OCH3 is 1. The van der Waals surface area contributed by atoms with E-state index in [1.54, 1.807) is 13.2 Å². The highest BCUT2D eigenvalue weighted by atomic mass is 35.5. The van der Waals surface area contributed by atoms with Crippen molar-refractivity contribution < 1.29 is 9.53 Å². The Morgan fingerprint density at radius 1 is 1.29 bits per heavy atom. The quantitative estimate of drug-likeness (QED) is 0.630. The van der Waals surface area contributed by atoms with Crippen molar-refractivity contribution >= 4 is 51.4 Å². The zero-order chi connectivity index (χ0) is 22.3. The second kappa shape index (κ2) is 8.36. The predicted molar refractivity (Wildman–Crippen MR) is 127 cm³/mol. The highest BCUT2D eigenvalue weighted by Gasteiger charge is 2.35. The van der Waals surface area contributed by atoms with E-state index in [0.29, 0.717) is 15.9 Å². The van der Waals surface area contributed by atoms with Crippen molar-refractivity contribution in [1.82, 2.24) is 9.58 Å². The van der Waals surface area contributed by atoms with Crippen molar-refractivity contribution in [2.75, 3.05) is 7.11 Å². The molecule has 1 aromatic carbocycles. The van der Waals surface area contributed by atoms with Crippen molar-refractivity contribution in [3.05, 3.63) is 51.8 Å². The van der Waals surface area contributed by atoms with E-state index in [1.165, 1.54) is 16.8 Å². The van der Waals surface area contributed by atoms with E-state index in [2.05, 4.69) is 17.0 Å². The molecule has 1 N–H and O–H groups in total. The molecule has 3 heterocycles. The standard InChI is InChI=1S/C22H22ClN5O2S/c1-5-6-19-26-28-20(24)16(21(29)25-22(28)31-19)10-14-9-12(2)27(13(14)3)15-7-8-18(30-4)17(23)11-15/h7-11,24H,5-6H2,1-4H3/b16-10-,24-20?. The first-order chi connectivity index (χ1) is 14.8. The van der Waals surface area contributed by atoms with Gasteiger partial charge in [0.15, 0.2) is 5.84 Å². The number of carbonyl (C=O) groups excluding carboxylic acids is 1. The number of rotatable bonds is 5. The SMILES string of the molecule is CCCC1=NN2C(=N)/C(=C/c3cc(C)n(-c4ccc(OC)c(Cl)c4)c3C)C(=O)N=C2S1. The fraction of sp³-hybridized carbons (Fsp3) is 0.273. The Kier molecular flexibility index (Phi) is 5.77. The van der Waals surface area contributed by atoms with E-state index >= 15 is 0 Å². The van der Waals surface area contributed by atoms with Gasteiger partial charge in [-0.05, 0) is 74.4 Å². The minimum atomic E-state index is -0.422. The minimum Gasteiger partial charge on any atom is -0.495 e. The van der Waals surface area contributed by atoms with E-state index in [9.17, 15) is 4.79 Å². The summed E-state index contributed by atoms with van der Waals surface area (Å²) >= 11 is 7.67. The smallest absolute Gasteiger partial charge is 0.283 e. The number of aliphatic imine (C=N–C) groups is 1. The van der Waals surface area contributed by atoms with Crippen LogP contribution in [0.15, 0.2) is 39.9 Å². The van der Waals surface area contributed by atoms with Crippen LogP contribution in [0, 0.1) is 19.3 Å². The maximum absolute atomic E-state index is 12.7. The molecular weight excluding hydrogens is 434 g/mol. The Balaban J connectivity index is 1.72. The number of fused-ring (bicyclic) bond motifs is 1. The first kappa shape index (κ1) is 21.4. The molecule has 0 atom stereocenters. The van der Waals surface area contributed by atoms with Crippen LogP contribution in [0.2, 0.25) is 5.02 Å². The first-order valence-corrected chi connectivity index (χ1v) is 11.1. The van der Waals surface area contributed by atoms with Crippen LogP contribution in [0.5, 0.6) is 5.75 Å². The summed E-state index contributed by atoms with van der Waals surface area (Å²) in [6.07, 6.45) is 3.46. The number of ether oxygens (including phenoxy) is 1. The summed E-state index contributed by atoms with van der Waals surface area (Å²) in [7, 11) is 1.58. The lowest BCUT2D eigenvalue weighted by Gasteiger charge is -2.20. The number of thioether (sulfide) groups is 1. The van der Waals surface area contributed by atoms with Crippen LogP contribution >= 0.6 is 23.4 Å². The number of halogens is 1. The van der Waals surface area contributed by atoms with Crippen molar-refractivity contribution in [3.8, 4) is 11.4 Å². The largest absolute Gasteiger partial charge is 0.495 e. The molecule has 7 nitrogen and oxygen atoms in total. The van der Waals surface area contributed by atoms with Gasteiger partial charge in [-0.1, -0.05) is 18.5 Å². The van der Waals surface area contributed by atoms with Gasteiger partial charge in [-0.25, -0.2) is 0 Å². The fourth-order valence-corrected chi connectivity index (χ4v) is 4.87. The second-order valence-electron chi connectivity index (χ2n) is 7.24. The van der Waals surface area contributed by atoms with Gasteiger partial charge < -0.3 is 9.30 Å². The van der Waals surface area contributed by atoms with Gasteiger partial charge in [-0.3, -0.25) is 10.2 Å². The van der Waals surface area contributed by atoms with E-state index in [0.717, 1.165) is 40.5 Å². The molecule has 0 fully saturated rings. The Morgan fingerprint density at radius 3 is 2.74 bits per heavy atom. The molecule has 0 saturated carbocycles. The lowest BCUT2D eigenvalue weighted by Crippen LogP contribution is -2.35. The topological polar surface area (TPSA) is 83.0 Å². The van der Waals surface area contributed by atoms with Crippen LogP contribution < -0.4 is 4.74 Å². The van der Waals surface area contributed by atoms with Gasteiger partial charge in [-0.2, -0.15) is 15.1 Å². The van der Waals surface area contributed by atoms with Crippen molar-refractivity contribution in [2.24, 2.45) is 10.1 Å². The van der Waals surface area contributed by atoms with Crippen LogP contribution in [0.25, 0.3) is 11.8 Å². The van der Waals surface area contributed by atoms with Gasteiger partial charge in [0.1, 0.15) is 10.8 Å². The molecule has 0 aliphatic carbocycles. The number of nitrogens with one attached hydrogen (secondary N) is 1. The maximum Gasteiger partial charge on any atom is 0.283 e. The fourth-order valence-electron chi connectivity index (χ4n) is 3.63. The zero-order valence-electron chi connectivity index (χ0n) is 17.7. The van der Waals surface area contributed by atoms with Gasteiger partial charge in [-0.15, -0.1) is 0 Å². The number of aryl methyl sites for hydroxylation is 1. The number of hydrazone groups is 1. The molecule has 2 aromatic rings. The molecule has 0 radical (unpaired) electrons. The van der Waals surface area contributed by atoms with E-state index in [4.69, 9.17) is 21.7 Å². The van der Waals surface area contributed by atoms with Crippen LogP contribution in [0.4, 0.5) is 0 Å². The Bertz CT molecular complexity index is 1190. The van der Waals surface area contributed by atoms with Crippen LogP contribution in [-0.2, 0) is 4.79 Å². The number of amidine groups is 2. The molecule has 4 rings (SSSR count). The second-order valence-corrected chi connectivity index (χ2v) is 8.69. The molecule has 1 aromatic heterocycles. The van der Waals surface area contributed by atoms with Gasteiger partial charge in [0.2, 0.25) is 5.17 Å². The number of amides is 1. The van der Waals surface area contributed by atoms with E-state index in [-0.39, 0.29) is 11.4 Å². The Morgan fingerprint density at radius 2 is 2.06 bits per heavy atom. The third kappa shape index (κ3) is 3.81. The van der Waals surface area contributed by atoms with Crippen LogP contribution in [0.1, 0.15) is 36.7 Å². The number of hydrogen-bond donors (Lipinski definition) is 1. The third-order valence-electron chi connectivity index (χ3n) is 5.12. The third-order valence-corrected chi connectivity index (χ3v) is 6.39. The molecule has 0 saturated heterocycles. The number of benzene rings is 1. The zero-order valence-corrected chi connectivity index (χ0v) is 19.3.